The Labute approximate surface area is 216 Å². The highest BCUT2D eigenvalue weighted by atomic mass is 32.2. The van der Waals surface area contributed by atoms with Crippen molar-refractivity contribution < 1.29 is 26.8 Å². The number of rotatable bonds is 6. The number of nitrogens with zero attached hydrogens (tertiary/aromatic N) is 2. The van der Waals surface area contributed by atoms with Crippen molar-refractivity contribution in [2.45, 2.75) is 30.8 Å². The zero-order valence-electron chi connectivity index (χ0n) is 20.2. The molecular weight excluding hydrogens is 518 g/mol. The fourth-order valence-corrected chi connectivity index (χ4v) is 6.18. The molecule has 1 aliphatic heterocycles. The molecule has 196 valence electrons. The van der Waals surface area contributed by atoms with Crippen LogP contribution in [0.3, 0.4) is 0 Å². The van der Waals surface area contributed by atoms with E-state index in [1.54, 1.807) is 50.4 Å². The molecule has 1 aliphatic rings. The predicted octanol–water partition coefficient (Wildman–Crippen LogP) is 3.96. The summed E-state index contributed by atoms with van der Waals surface area (Å²) in [6.07, 6.45) is 1.60. The highest BCUT2D eigenvalue weighted by Crippen LogP contribution is 2.44. The largest absolute Gasteiger partial charge is 0.357 e. The molecule has 0 fully saturated rings. The van der Waals surface area contributed by atoms with Crippen molar-refractivity contribution in [1.82, 2.24) is 19.5 Å². The predicted molar refractivity (Wildman–Crippen MR) is 134 cm³/mol. The Hall–Kier alpha value is -4.36. The topological polar surface area (TPSA) is 140 Å². The van der Waals surface area contributed by atoms with Crippen LogP contribution in [0.25, 0.3) is 0 Å². The van der Waals surface area contributed by atoms with Crippen LogP contribution >= 0.6 is 0 Å². The lowest BCUT2D eigenvalue weighted by atomic mass is 10.0. The van der Waals surface area contributed by atoms with Crippen molar-refractivity contribution in [2.75, 3.05) is 10.6 Å². The third-order valence-corrected chi connectivity index (χ3v) is 8.32. The molecule has 38 heavy (non-hydrogen) atoms. The molecule has 2 amide bonds. The number of H-pyrrole nitrogens is 2. The molecule has 4 N–H and O–H groups in total. The zero-order chi connectivity index (χ0) is 27.2. The monoisotopic (exact) mass is 540 g/mol. The van der Waals surface area contributed by atoms with Crippen molar-refractivity contribution in [3.63, 3.8) is 0 Å². The molecule has 5 rings (SSSR count). The number of hydrogen-bond acceptors (Lipinski definition) is 5. The Balaban J connectivity index is 1.41. The van der Waals surface area contributed by atoms with E-state index in [0.29, 0.717) is 23.0 Å². The van der Waals surface area contributed by atoms with Crippen LogP contribution in [0.5, 0.6) is 0 Å². The highest BCUT2D eigenvalue weighted by molar-refractivity contribution is 7.89. The molecule has 0 saturated carbocycles. The van der Waals surface area contributed by atoms with E-state index in [1.807, 2.05) is 0 Å². The number of carbonyl (C=O) groups excluding carboxylic acids is 2. The smallest absolute Gasteiger partial charge is 0.272 e. The van der Waals surface area contributed by atoms with E-state index in [9.17, 15) is 26.8 Å². The average Bonchev–Trinajstić information content (AvgIpc) is 3.58. The molecule has 3 heterocycles. The van der Waals surface area contributed by atoms with Gasteiger partial charge in [-0.25, -0.2) is 17.2 Å². The molecular formula is C25H22F2N6O4S. The highest BCUT2D eigenvalue weighted by Gasteiger charge is 2.48. The maximum absolute atomic E-state index is 13.8. The second-order valence-corrected chi connectivity index (χ2v) is 11.0. The van der Waals surface area contributed by atoms with Crippen LogP contribution in [0.1, 0.15) is 46.0 Å². The van der Waals surface area contributed by atoms with Crippen LogP contribution in [0, 0.1) is 11.6 Å². The molecule has 4 aromatic rings. The van der Waals surface area contributed by atoms with Gasteiger partial charge in [-0.3, -0.25) is 14.7 Å². The van der Waals surface area contributed by atoms with Gasteiger partial charge in [0.15, 0.2) is 5.82 Å². The molecule has 0 atom stereocenters. The number of benzene rings is 2. The van der Waals surface area contributed by atoms with Crippen molar-refractivity contribution >= 4 is 33.3 Å². The van der Waals surface area contributed by atoms with Gasteiger partial charge in [-0.05, 0) is 50.2 Å². The Morgan fingerprint density at radius 3 is 2.39 bits per heavy atom. The number of carbonyl (C=O) groups is 2. The minimum absolute atomic E-state index is 0.0895. The number of fused-ring (bicyclic) bond motifs is 1. The van der Waals surface area contributed by atoms with Gasteiger partial charge in [0.25, 0.3) is 11.8 Å². The van der Waals surface area contributed by atoms with Gasteiger partial charge in [-0.2, -0.15) is 9.40 Å². The first-order chi connectivity index (χ1) is 18.0. The number of halogens is 2. The van der Waals surface area contributed by atoms with E-state index in [0.717, 1.165) is 16.4 Å². The fraction of sp³-hybridized carbons (Fsp3) is 0.160. The second-order valence-electron chi connectivity index (χ2n) is 9.14. The number of amides is 2. The number of anilines is 2. The van der Waals surface area contributed by atoms with E-state index in [1.165, 1.54) is 6.07 Å². The Morgan fingerprint density at radius 2 is 1.71 bits per heavy atom. The van der Waals surface area contributed by atoms with Crippen LogP contribution in [-0.4, -0.2) is 39.7 Å². The fourth-order valence-electron chi connectivity index (χ4n) is 4.41. The molecule has 10 nitrogen and oxygen atoms in total. The van der Waals surface area contributed by atoms with Gasteiger partial charge >= 0.3 is 0 Å². The summed E-state index contributed by atoms with van der Waals surface area (Å²) in [4.78, 5) is 27.9. The summed E-state index contributed by atoms with van der Waals surface area (Å²) in [6, 6.07) is 11.7. The molecule has 0 saturated heterocycles. The van der Waals surface area contributed by atoms with Gasteiger partial charge < -0.3 is 15.6 Å². The molecule has 0 aliphatic carbocycles. The van der Waals surface area contributed by atoms with Crippen LogP contribution in [0.2, 0.25) is 0 Å². The van der Waals surface area contributed by atoms with Gasteiger partial charge in [0.2, 0.25) is 10.0 Å². The summed E-state index contributed by atoms with van der Waals surface area (Å²) in [7, 11) is -4.33. The van der Waals surface area contributed by atoms with E-state index in [2.05, 4.69) is 25.8 Å². The first-order valence-corrected chi connectivity index (χ1v) is 12.8. The van der Waals surface area contributed by atoms with Gasteiger partial charge in [-0.1, -0.05) is 12.1 Å². The molecule has 0 spiro atoms. The van der Waals surface area contributed by atoms with Crippen LogP contribution in [0.4, 0.5) is 20.3 Å². The van der Waals surface area contributed by atoms with Crippen molar-refractivity contribution in [3.05, 3.63) is 94.9 Å². The van der Waals surface area contributed by atoms with Crippen molar-refractivity contribution in [3.8, 4) is 0 Å². The first kappa shape index (κ1) is 25.3. The molecule has 0 bridgehead atoms. The number of para-hydroxylation sites is 1. The lowest BCUT2D eigenvalue weighted by Gasteiger charge is -2.30. The Bertz CT molecular complexity index is 1640. The summed E-state index contributed by atoms with van der Waals surface area (Å²) in [5.41, 5.74) is 0.371. The Morgan fingerprint density at radius 1 is 1.00 bits per heavy atom. The third kappa shape index (κ3) is 4.35. The molecule has 13 heteroatoms. The van der Waals surface area contributed by atoms with Crippen molar-refractivity contribution in [2.24, 2.45) is 0 Å². The SMILES string of the molecule is CC1(C)c2[nH]nc(NC(=O)c3ccccc3NC(=O)c3ccc[nH]3)c2CN1S(=O)(=O)c1cc(F)cc(F)c1. The quantitative estimate of drug-likeness (QED) is 0.293. The van der Waals surface area contributed by atoms with Crippen LogP contribution in [-0.2, 0) is 22.1 Å². The first-order valence-electron chi connectivity index (χ1n) is 11.4. The molecule has 0 radical (unpaired) electrons. The number of hydrogen-bond donors (Lipinski definition) is 4. The maximum atomic E-state index is 13.8. The Kier molecular flexibility index (Phi) is 6.12. The summed E-state index contributed by atoms with van der Waals surface area (Å²) < 4.78 is 55.4. The van der Waals surface area contributed by atoms with E-state index in [4.69, 9.17) is 0 Å². The molecule has 2 aromatic heterocycles. The van der Waals surface area contributed by atoms with E-state index in [-0.39, 0.29) is 23.6 Å². The standard InChI is InChI=1S/C25H22F2N6O4S/c1-25(2)21-18(13-33(25)38(36,37)16-11-14(26)10-15(27)12-16)22(32-31-21)30-23(34)17-6-3-4-7-19(17)29-24(35)20-8-5-9-28-20/h3-12,28H,13H2,1-2H3,(H,29,35)(H2,30,31,32,34). The minimum Gasteiger partial charge on any atom is -0.357 e. The number of aromatic amines is 2. The number of nitrogens with one attached hydrogen (secondary N) is 4. The minimum atomic E-state index is -4.33. The third-order valence-electron chi connectivity index (χ3n) is 6.32. The molecule has 0 unspecified atom stereocenters. The summed E-state index contributed by atoms with van der Waals surface area (Å²) in [6.45, 7) is 3.02. The second kappa shape index (κ2) is 9.19. The average molecular weight is 541 g/mol. The lowest BCUT2D eigenvalue weighted by molar-refractivity contribution is 0.102. The van der Waals surface area contributed by atoms with E-state index >= 15 is 0 Å². The van der Waals surface area contributed by atoms with Gasteiger partial charge in [0, 0.05) is 24.4 Å². The summed E-state index contributed by atoms with van der Waals surface area (Å²) in [5, 5.41) is 12.3. The summed E-state index contributed by atoms with van der Waals surface area (Å²) >= 11 is 0. The van der Waals surface area contributed by atoms with Crippen LogP contribution < -0.4 is 10.6 Å². The molecule has 2 aromatic carbocycles. The van der Waals surface area contributed by atoms with Gasteiger partial charge in [0.1, 0.15) is 17.3 Å². The van der Waals surface area contributed by atoms with Crippen LogP contribution in [0.15, 0.2) is 65.7 Å². The summed E-state index contributed by atoms with van der Waals surface area (Å²) in [5.74, 6) is -2.97. The number of sulfonamides is 1. The van der Waals surface area contributed by atoms with E-state index < -0.39 is 43.9 Å². The lowest BCUT2D eigenvalue weighted by Crippen LogP contribution is -2.40. The number of aromatic nitrogens is 3. The zero-order valence-corrected chi connectivity index (χ0v) is 21.0. The van der Waals surface area contributed by atoms with Crippen molar-refractivity contribution in [1.29, 1.82) is 0 Å². The maximum Gasteiger partial charge on any atom is 0.272 e. The van der Waals surface area contributed by atoms with Gasteiger partial charge in [0.05, 0.1) is 27.4 Å². The van der Waals surface area contributed by atoms with Gasteiger partial charge in [-0.15, -0.1) is 0 Å². The normalized spacial score (nSPS) is 14.7.